The number of hydrogen-bond acceptors (Lipinski definition) is 3. The third-order valence-electron chi connectivity index (χ3n) is 3.62. The number of aryl methyl sites for hydroxylation is 1. The van der Waals surface area contributed by atoms with Crippen LogP contribution in [0.25, 0.3) is 0 Å². The highest BCUT2D eigenvalue weighted by Gasteiger charge is 2.14. The number of nitro benzene ring substituents is 1. The van der Waals surface area contributed by atoms with Crippen LogP contribution in [0.5, 0.6) is 0 Å². The van der Waals surface area contributed by atoms with E-state index in [1.54, 1.807) is 12.1 Å². The van der Waals surface area contributed by atoms with Crippen LogP contribution in [0.1, 0.15) is 42.6 Å². The Balaban J connectivity index is 2.12. The molecular weight excluding hydrogens is 264 g/mol. The molecule has 0 saturated carbocycles. The second kappa shape index (κ2) is 6.50. The van der Waals surface area contributed by atoms with Gasteiger partial charge in [0, 0.05) is 24.2 Å². The zero-order valence-electron chi connectivity index (χ0n) is 12.5. The highest BCUT2D eigenvalue weighted by molar-refractivity contribution is 5.36. The molecule has 4 nitrogen and oxygen atoms in total. The van der Waals surface area contributed by atoms with Crippen LogP contribution in [0.3, 0.4) is 0 Å². The largest absolute Gasteiger partial charge is 0.304 e. The maximum atomic E-state index is 10.8. The zero-order chi connectivity index (χ0) is 15.4. The third-order valence-corrected chi connectivity index (χ3v) is 3.62. The van der Waals surface area contributed by atoms with Crippen LogP contribution in [-0.2, 0) is 0 Å². The fourth-order valence-electron chi connectivity index (χ4n) is 2.41. The SMILES string of the molecule is Cc1cccc([C@H](C)NC(C)c2cccc([N+](=O)[O-])c2)c1. The fraction of sp³-hybridized carbons (Fsp3) is 0.294. The molecule has 4 heteroatoms. The van der Waals surface area contributed by atoms with E-state index in [1.165, 1.54) is 17.2 Å². The van der Waals surface area contributed by atoms with Gasteiger partial charge in [-0.05, 0) is 31.9 Å². The molecule has 0 heterocycles. The van der Waals surface area contributed by atoms with Gasteiger partial charge in [-0.3, -0.25) is 10.1 Å². The first kappa shape index (κ1) is 15.2. The molecule has 0 spiro atoms. The lowest BCUT2D eigenvalue weighted by Crippen LogP contribution is -2.22. The summed E-state index contributed by atoms with van der Waals surface area (Å²) < 4.78 is 0. The molecule has 21 heavy (non-hydrogen) atoms. The van der Waals surface area contributed by atoms with Gasteiger partial charge in [0.1, 0.15) is 0 Å². The first-order valence-corrected chi connectivity index (χ1v) is 7.04. The number of nitrogens with one attached hydrogen (secondary N) is 1. The number of nitro groups is 1. The Bertz CT molecular complexity index is 640. The normalized spacial score (nSPS) is 13.7. The van der Waals surface area contributed by atoms with Gasteiger partial charge in [-0.15, -0.1) is 0 Å². The minimum absolute atomic E-state index is 0.0420. The molecule has 1 unspecified atom stereocenters. The first-order valence-electron chi connectivity index (χ1n) is 7.04. The quantitative estimate of drug-likeness (QED) is 0.657. The molecule has 0 amide bonds. The summed E-state index contributed by atoms with van der Waals surface area (Å²) in [5.41, 5.74) is 3.49. The number of nitrogens with zero attached hydrogens (tertiary/aromatic N) is 1. The monoisotopic (exact) mass is 284 g/mol. The van der Waals surface area contributed by atoms with Crippen LogP contribution in [0.2, 0.25) is 0 Å². The molecule has 2 rings (SSSR count). The van der Waals surface area contributed by atoms with Gasteiger partial charge in [-0.1, -0.05) is 42.0 Å². The van der Waals surface area contributed by atoms with E-state index in [2.05, 4.69) is 37.4 Å². The molecular formula is C17H20N2O2. The fourth-order valence-corrected chi connectivity index (χ4v) is 2.41. The molecule has 2 aromatic rings. The van der Waals surface area contributed by atoms with Crippen LogP contribution in [-0.4, -0.2) is 4.92 Å². The average molecular weight is 284 g/mol. The van der Waals surface area contributed by atoms with E-state index in [0.717, 1.165) is 5.56 Å². The second-order valence-electron chi connectivity index (χ2n) is 5.38. The maximum Gasteiger partial charge on any atom is 0.269 e. The van der Waals surface area contributed by atoms with Crippen LogP contribution in [0.15, 0.2) is 48.5 Å². The van der Waals surface area contributed by atoms with Gasteiger partial charge in [0.2, 0.25) is 0 Å². The average Bonchev–Trinajstić information content (AvgIpc) is 2.47. The smallest absolute Gasteiger partial charge is 0.269 e. The van der Waals surface area contributed by atoms with Crippen LogP contribution in [0.4, 0.5) is 5.69 Å². The Labute approximate surface area is 125 Å². The van der Waals surface area contributed by atoms with Crippen molar-refractivity contribution < 1.29 is 4.92 Å². The van der Waals surface area contributed by atoms with Gasteiger partial charge in [0.15, 0.2) is 0 Å². The summed E-state index contributed by atoms with van der Waals surface area (Å²) in [5, 5.41) is 14.3. The van der Waals surface area contributed by atoms with Crippen molar-refractivity contribution in [3.8, 4) is 0 Å². The molecule has 1 N–H and O–H groups in total. The topological polar surface area (TPSA) is 55.2 Å². The van der Waals surface area contributed by atoms with Gasteiger partial charge >= 0.3 is 0 Å². The number of benzene rings is 2. The van der Waals surface area contributed by atoms with E-state index in [0.29, 0.717) is 0 Å². The molecule has 0 aliphatic carbocycles. The molecule has 0 fully saturated rings. The molecule has 110 valence electrons. The van der Waals surface area contributed by atoms with E-state index in [4.69, 9.17) is 0 Å². The highest BCUT2D eigenvalue weighted by Crippen LogP contribution is 2.22. The Morgan fingerprint density at radius 3 is 2.14 bits per heavy atom. The lowest BCUT2D eigenvalue weighted by Gasteiger charge is -2.21. The Morgan fingerprint density at radius 1 is 1.00 bits per heavy atom. The molecule has 0 aliphatic rings. The van der Waals surface area contributed by atoms with E-state index < -0.39 is 0 Å². The predicted octanol–water partition coefficient (Wildman–Crippen LogP) is 4.32. The minimum atomic E-state index is -0.361. The zero-order valence-corrected chi connectivity index (χ0v) is 12.5. The molecule has 2 aromatic carbocycles. The molecule has 0 saturated heterocycles. The first-order chi connectivity index (χ1) is 9.97. The van der Waals surface area contributed by atoms with Crippen molar-refractivity contribution in [1.29, 1.82) is 0 Å². The maximum absolute atomic E-state index is 10.8. The van der Waals surface area contributed by atoms with Gasteiger partial charge < -0.3 is 5.32 Å². The van der Waals surface area contributed by atoms with E-state index >= 15 is 0 Å². The number of hydrogen-bond donors (Lipinski definition) is 1. The van der Waals surface area contributed by atoms with E-state index in [1.807, 2.05) is 19.1 Å². The molecule has 0 radical (unpaired) electrons. The lowest BCUT2D eigenvalue weighted by atomic mass is 10.0. The van der Waals surface area contributed by atoms with Gasteiger partial charge in [0.25, 0.3) is 5.69 Å². The Kier molecular flexibility index (Phi) is 4.70. The summed E-state index contributed by atoms with van der Waals surface area (Å²) >= 11 is 0. The number of non-ortho nitro benzene ring substituents is 1. The minimum Gasteiger partial charge on any atom is -0.304 e. The van der Waals surface area contributed by atoms with Crippen molar-refractivity contribution in [2.24, 2.45) is 0 Å². The molecule has 2 atom stereocenters. The van der Waals surface area contributed by atoms with Crippen molar-refractivity contribution in [3.63, 3.8) is 0 Å². The molecule has 0 bridgehead atoms. The van der Waals surface area contributed by atoms with Crippen molar-refractivity contribution in [3.05, 3.63) is 75.3 Å². The van der Waals surface area contributed by atoms with Crippen LogP contribution >= 0.6 is 0 Å². The van der Waals surface area contributed by atoms with E-state index in [-0.39, 0.29) is 22.7 Å². The van der Waals surface area contributed by atoms with Crippen molar-refractivity contribution >= 4 is 5.69 Å². The molecule has 0 aromatic heterocycles. The predicted molar refractivity (Wildman–Crippen MR) is 84.2 cm³/mol. The number of rotatable bonds is 5. The van der Waals surface area contributed by atoms with E-state index in [9.17, 15) is 10.1 Å². The van der Waals surface area contributed by atoms with Crippen molar-refractivity contribution in [2.75, 3.05) is 0 Å². The van der Waals surface area contributed by atoms with Crippen molar-refractivity contribution in [2.45, 2.75) is 32.9 Å². The summed E-state index contributed by atoms with van der Waals surface area (Å²) in [6.45, 7) is 6.19. The Morgan fingerprint density at radius 2 is 1.57 bits per heavy atom. The van der Waals surface area contributed by atoms with Gasteiger partial charge in [-0.25, -0.2) is 0 Å². The van der Waals surface area contributed by atoms with Crippen molar-refractivity contribution in [1.82, 2.24) is 5.32 Å². The van der Waals surface area contributed by atoms with Crippen LogP contribution < -0.4 is 5.32 Å². The third kappa shape index (κ3) is 3.89. The summed E-state index contributed by atoms with van der Waals surface area (Å²) in [7, 11) is 0. The van der Waals surface area contributed by atoms with Gasteiger partial charge in [0.05, 0.1) is 4.92 Å². The summed E-state index contributed by atoms with van der Waals surface area (Å²) in [6, 6.07) is 15.3. The summed E-state index contributed by atoms with van der Waals surface area (Å²) in [6.07, 6.45) is 0. The second-order valence-corrected chi connectivity index (χ2v) is 5.38. The highest BCUT2D eigenvalue weighted by atomic mass is 16.6. The standard InChI is InChI=1S/C17H20N2O2/c1-12-6-4-7-15(10-12)13(2)18-14(3)16-8-5-9-17(11-16)19(20)21/h4-11,13-14,18H,1-3H3/t13-,14?/m0/s1. The Hall–Kier alpha value is -2.20. The lowest BCUT2D eigenvalue weighted by molar-refractivity contribution is -0.384. The van der Waals surface area contributed by atoms with Crippen LogP contribution in [0, 0.1) is 17.0 Å². The van der Waals surface area contributed by atoms with Gasteiger partial charge in [-0.2, -0.15) is 0 Å². The summed E-state index contributed by atoms with van der Waals surface area (Å²) in [4.78, 5) is 10.5. The molecule has 0 aliphatic heterocycles. The summed E-state index contributed by atoms with van der Waals surface area (Å²) in [5.74, 6) is 0.